The highest BCUT2D eigenvalue weighted by molar-refractivity contribution is 7.18. The molecule has 2 fully saturated rings. The minimum absolute atomic E-state index is 0. The first-order valence-electron chi connectivity index (χ1n) is 12.8. The summed E-state index contributed by atoms with van der Waals surface area (Å²) < 4.78 is 30.9. The molecule has 2 saturated heterocycles. The minimum atomic E-state index is -0.934. The molecule has 1 atom stereocenters. The lowest BCUT2D eigenvalue weighted by atomic mass is 10.2. The van der Waals surface area contributed by atoms with Crippen molar-refractivity contribution >= 4 is 76.5 Å². The van der Waals surface area contributed by atoms with Gasteiger partial charge in [0.1, 0.15) is 18.5 Å². The predicted molar refractivity (Wildman–Crippen MR) is 154 cm³/mol. The van der Waals surface area contributed by atoms with Crippen molar-refractivity contribution in [3.63, 3.8) is 0 Å². The number of carbonyl (C=O) groups excluding carboxylic acids is 5. The fraction of sp³-hybridized carbons (Fsp3) is 0.423. The van der Waals surface area contributed by atoms with Crippen LogP contribution in [0.25, 0.3) is 0 Å². The molecule has 42 heavy (non-hydrogen) atoms. The zero-order valence-corrected chi connectivity index (χ0v) is 24.7. The van der Waals surface area contributed by atoms with Crippen LogP contribution in [-0.2, 0) is 28.6 Å². The molecule has 2 N–H and O–H groups in total. The van der Waals surface area contributed by atoms with E-state index in [4.69, 9.17) is 31.5 Å². The number of rotatable bonds is 11. The van der Waals surface area contributed by atoms with Crippen molar-refractivity contribution in [3.05, 3.63) is 45.4 Å². The highest BCUT2D eigenvalue weighted by Crippen LogP contribution is 2.30. The average Bonchev–Trinajstić information content (AvgIpc) is 3.55. The van der Waals surface area contributed by atoms with Crippen LogP contribution >= 0.6 is 35.3 Å². The Hall–Kier alpha value is -3.30. The first kappa shape index (κ1) is 33.2. The number of hydrogen-bond acceptors (Lipinski definition) is 10. The van der Waals surface area contributed by atoms with Crippen molar-refractivity contribution in [2.75, 3.05) is 55.8 Å². The number of amides is 4. The Labute approximate surface area is 255 Å². The lowest BCUT2D eigenvalue weighted by molar-refractivity contribution is -0.142. The zero-order chi connectivity index (χ0) is 29.5. The van der Waals surface area contributed by atoms with Gasteiger partial charge in [-0.1, -0.05) is 11.6 Å². The molecule has 2 aliphatic rings. The molecule has 0 saturated carbocycles. The van der Waals surface area contributed by atoms with Gasteiger partial charge in [-0.25, -0.2) is 9.18 Å². The number of nitrogens with zero attached hydrogens (tertiary/aromatic N) is 3. The topological polar surface area (TPSA) is 149 Å². The zero-order valence-electron chi connectivity index (χ0n) is 22.3. The molecule has 0 bridgehead atoms. The summed E-state index contributed by atoms with van der Waals surface area (Å²) in [6.07, 6.45) is -1.11. The van der Waals surface area contributed by atoms with E-state index in [0.717, 1.165) is 27.2 Å². The summed E-state index contributed by atoms with van der Waals surface area (Å²) in [6.45, 7) is -0.0557. The second-order valence-corrected chi connectivity index (χ2v) is 10.9. The summed E-state index contributed by atoms with van der Waals surface area (Å²) in [4.78, 5) is 66.0. The quantitative estimate of drug-likeness (QED) is 0.287. The maximum absolute atomic E-state index is 15.1. The molecule has 228 valence electrons. The van der Waals surface area contributed by atoms with Crippen molar-refractivity contribution in [1.82, 2.24) is 4.90 Å². The third kappa shape index (κ3) is 8.16. The van der Waals surface area contributed by atoms with Gasteiger partial charge in [0.15, 0.2) is 0 Å². The van der Waals surface area contributed by atoms with Crippen LogP contribution in [0.2, 0.25) is 4.34 Å². The summed E-state index contributed by atoms with van der Waals surface area (Å²) in [5, 5.41) is 0. The molecule has 0 spiro atoms. The molecule has 0 aliphatic carbocycles. The van der Waals surface area contributed by atoms with E-state index in [9.17, 15) is 24.0 Å². The molecular formula is C26H29Cl2FN4O8S. The maximum atomic E-state index is 15.1. The van der Waals surface area contributed by atoms with Gasteiger partial charge >= 0.3 is 12.1 Å². The Kier molecular flexibility index (Phi) is 12.1. The van der Waals surface area contributed by atoms with Crippen LogP contribution in [0.3, 0.4) is 0 Å². The highest BCUT2D eigenvalue weighted by atomic mass is 35.5. The van der Waals surface area contributed by atoms with Crippen LogP contribution in [0.5, 0.6) is 0 Å². The van der Waals surface area contributed by atoms with Gasteiger partial charge in [-0.05, 0) is 43.2 Å². The Morgan fingerprint density at radius 1 is 1.17 bits per heavy atom. The van der Waals surface area contributed by atoms with Crippen LogP contribution in [0.4, 0.5) is 20.6 Å². The molecule has 4 amide bonds. The Morgan fingerprint density at radius 3 is 2.62 bits per heavy atom. The fourth-order valence-corrected chi connectivity index (χ4v) is 5.30. The number of nitrogens with two attached hydrogens (primary N) is 1. The second kappa shape index (κ2) is 15.3. The molecule has 0 unspecified atom stereocenters. The van der Waals surface area contributed by atoms with Gasteiger partial charge in [0.25, 0.3) is 11.8 Å². The Morgan fingerprint density at radius 2 is 1.95 bits per heavy atom. The van der Waals surface area contributed by atoms with Gasteiger partial charge in [0.2, 0.25) is 5.91 Å². The smallest absolute Gasteiger partial charge is 0.414 e. The first-order chi connectivity index (χ1) is 19.7. The van der Waals surface area contributed by atoms with Crippen molar-refractivity contribution in [3.8, 4) is 0 Å². The van der Waals surface area contributed by atoms with E-state index in [1.807, 2.05) is 0 Å². The molecule has 2 aromatic rings. The lowest BCUT2D eigenvalue weighted by Gasteiger charge is -2.27. The molecule has 16 heteroatoms. The van der Waals surface area contributed by atoms with E-state index in [1.165, 1.54) is 29.2 Å². The number of morpholine rings is 1. The van der Waals surface area contributed by atoms with Crippen molar-refractivity contribution < 1.29 is 42.6 Å². The van der Waals surface area contributed by atoms with Crippen LogP contribution in [0.15, 0.2) is 30.3 Å². The van der Waals surface area contributed by atoms with E-state index in [-0.39, 0.29) is 74.7 Å². The number of cyclic esters (lactones) is 1. The summed E-state index contributed by atoms with van der Waals surface area (Å²) in [5.74, 6) is -2.74. The number of esters is 1. The SMILES string of the molecule is Cl.NCC(=O)OCCCCC(=O)N(C[C@H]1CN(c2ccc(N3CCOCC3=O)cc2F)C(=O)O1)C(=O)c1ccc(Cl)s1. The van der Waals surface area contributed by atoms with E-state index in [0.29, 0.717) is 29.5 Å². The van der Waals surface area contributed by atoms with E-state index in [2.05, 4.69) is 0 Å². The van der Waals surface area contributed by atoms with Gasteiger partial charge in [0.05, 0.1) is 47.7 Å². The van der Waals surface area contributed by atoms with Crippen LogP contribution in [-0.4, -0.2) is 86.8 Å². The van der Waals surface area contributed by atoms with Gasteiger partial charge in [-0.15, -0.1) is 23.7 Å². The monoisotopic (exact) mass is 646 g/mol. The summed E-state index contributed by atoms with van der Waals surface area (Å²) in [6, 6.07) is 7.07. The minimum Gasteiger partial charge on any atom is -0.465 e. The lowest BCUT2D eigenvalue weighted by Crippen LogP contribution is -2.43. The molecule has 1 aromatic heterocycles. The second-order valence-electron chi connectivity index (χ2n) is 9.15. The Bertz CT molecular complexity index is 1330. The van der Waals surface area contributed by atoms with Crippen molar-refractivity contribution in [2.45, 2.75) is 25.4 Å². The predicted octanol–water partition coefficient (Wildman–Crippen LogP) is 2.99. The normalized spacial score (nSPS) is 16.6. The van der Waals surface area contributed by atoms with E-state index >= 15 is 4.39 Å². The van der Waals surface area contributed by atoms with E-state index in [1.54, 1.807) is 0 Å². The number of imide groups is 1. The largest absolute Gasteiger partial charge is 0.465 e. The molecule has 4 rings (SSSR count). The molecule has 2 aliphatic heterocycles. The third-order valence-electron chi connectivity index (χ3n) is 6.32. The molecule has 3 heterocycles. The molecule has 1 aromatic carbocycles. The average molecular weight is 648 g/mol. The fourth-order valence-electron chi connectivity index (χ4n) is 4.31. The van der Waals surface area contributed by atoms with Gasteiger partial charge < -0.3 is 24.8 Å². The maximum Gasteiger partial charge on any atom is 0.414 e. The van der Waals surface area contributed by atoms with Crippen LogP contribution in [0, 0.1) is 5.82 Å². The number of anilines is 2. The number of unbranched alkanes of at least 4 members (excludes halogenated alkanes) is 1. The number of thiophene rings is 1. The number of benzene rings is 1. The van der Waals surface area contributed by atoms with Crippen LogP contribution < -0.4 is 15.5 Å². The van der Waals surface area contributed by atoms with Gasteiger partial charge in [-0.2, -0.15) is 0 Å². The number of halogens is 3. The highest BCUT2D eigenvalue weighted by Gasteiger charge is 2.37. The van der Waals surface area contributed by atoms with Gasteiger partial charge in [0, 0.05) is 18.7 Å². The molecule has 0 radical (unpaired) electrons. The van der Waals surface area contributed by atoms with Crippen LogP contribution in [0.1, 0.15) is 28.9 Å². The summed E-state index contributed by atoms with van der Waals surface area (Å²) >= 11 is 6.98. The number of carbonyl (C=O) groups is 5. The number of hydrogen-bond donors (Lipinski definition) is 1. The first-order valence-corrected chi connectivity index (χ1v) is 14.0. The standard InChI is InChI=1S/C26H28ClFN4O8S.ClH/c27-21-7-6-20(41-21)25(36)32(22(33)3-1-2-9-39-24(35)12-29)14-17-13-31(26(37)40-17)19-5-4-16(11-18(19)28)30-8-10-38-15-23(30)34;/h4-7,11,17H,1-3,8-10,12-15,29H2;1H/t17-;/m1./s1. The summed E-state index contributed by atoms with van der Waals surface area (Å²) in [5.41, 5.74) is 5.46. The third-order valence-corrected chi connectivity index (χ3v) is 7.54. The van der Waals surface area contributed by atoms with Gasteiger partial charge in [-0.3, -0.25) is 29.0 Å². The summed E-state index contributed by atoms with van der Waals surface area (Å²) in [7, 11) is 0. The Balaban J connectivity index is 0.00000484. The molecule has 12 nitrogen and oxygen atoms in total. The molecular weight excluding hydrogens is 618 g/mol. The van der Waals surface area contributed by atoms with E-state index < -0.39 is 35.8 Å². The van der Waals surface area contributed by atoms with Crippen molar-refractivity contribution in [1.29, 1.82) is 0 Å². The van der Waals surface area contributed by atoms with Crippen molar-refractivity contribution in [2.24, 2.45) is 5.73 Å². The number of ether oxygens (including phenoxy) is 3.